The highest BCUT2D eigenvalue weighted by Gasteiger charge is 2.45. The summed E-state index contributed by atoms with van der Waals surface area (Å²) < 4.78 is 11.1. The fourth-order valence-electron chi connectivity index (χ4n) is 2.59. The van der Waals surface area contributed by atoms with Crippen LogP contribution in [0.4, 0.5) is 0 Å². The summed E-state index contributed by atoms with van der Waals surface area (Å²) in [6, 6.07) is -0.908. The Bertz CT molecular complexity index is 486. The first-order valence-electron chi connectivity index (χ1n) is 8.56. The third-order valence-electron chi connectivity index (χ3n) is 4.03. The van der Waals surface area contributed by atoms with Crippen molar-refractivity contribution >= 4 is 5.91 Å². The lowest BCUT2D eigenvalue weighted by atomic mass is 9.97. The van der Waals surface area contributed by atoms with Crippen molar-refractivity contribution in [2.24, 2.45) is 0 Å². The summed E-state index contributed by atoms with van der Waals surface area (Å²) in [5, 5.41) is 31.9. The van der Waals surface area contributed by atoms with Crippen LogP contribution >= 0.6 is 0 Å². The van der Waals surface area contributed by atoms with Gasteiger partial charge >= 0.3 is 0 Å². The zero-order valence-corrected chi connectivity index (χ0v) is 15.4. The van der Waals surface area contributed by atoms with Gasteiger partial charge in [-0.2, -0.15) is 0 Å². The Morgan fingerprint density at radius 3 is 2.40 bits per heavy atom. The Labute approximate surface area is 149 Å². The van der Waals surface area contributed by atoms with Crippen molar-refractivity contribution < 1.29 is 29.6 Å². The van der Waals surface area contributed by atoms with Crippen molar-refractivity contribution in [3.05, 3.63) is 23.3 Å². The number of nitrogens with one attached hydrogen (secondary N) is 1. The fourth-order valence-corrected chi connectivity index (χ4v) is 2.59. The number of aliphatic hydroxyl groups is 3. The van der Waals surface area contributed by atoms with Crippen LogP contribution in [0.1, 0.15) is 40.5 Å². The van der Waals surface area contributed by atoms with Gasteiger partial charge in [-0.05, 0) is 33.6 Å². The summed E-state index contributed by atoms with van der Waals surface area (Å²) >= 11 is 0. The van der Waals surface area contributed by atoms with E-state index in [-0.39, 0.29) is 12.5 Å². The predicted molar refractivity (Wildman–Crippen MR) is 93.7 cm³/mol. The molecule has 1 fully saturated rings. The molecule has 144 valence electrons. The number of allylic oxidation sites excluding steroid dienone is 3. The van der Waals surface area contributed by atoms with Crippen LogP contribution in [-0.2, 0) is 14.3 Å². The molecule has 1 aliphatic rings. The Kier molecular flexibility index (Phi) is 9.31. The second-order valence-corrected chi connectivity index (χ2v) is 6.64. The zero-order valence-electron chi connectivity index (χ0n) is 15.4. The van der Waals surface area contributed by atoms with Crippen LogP contribution in [-0.4, -0.2) is 65.1 Å². The number of hydrogen-bond acceptors (Lipinski definition) is 6. The first-order chi connectivity index (χ1) is 11.8. The lowest BCUT2D eigenvalue weighted by Gasteiger charge is -2.42. The minimum absolute atomic E-state index is 0.238. The number of carbonyl (C=O) groups is 1. The van der Waals surface area contributed by atoms with E-state index in [9.17, 15) is 20.1 Å². The van der Waals surface area contributed by atoms with E-state index >= 15 is 0 Å². The van der Waals surface area contributed by atoms with Crippen LogP contribution in [0.3, 0.4) is 0 Å². The van der Waals surface area contributed by atoms with Gasteiger partial charge in [0.1, 0.15) is 24.4 Å². The summed E-state index contributed by atoms with van der Waals surface area (Å²) in [4.78, 5) is 11.3. The van der Waals surface area contributed by atoms with Crippen molar-refractivity contribution in [2.75, 3.05) is 13.2 Å². The van der Waals surface area contributed by atoms with E-state index in [1.54, 1.807) is 0 Å². The highest BCUT2D eigenvalue weighted by atomic mass is 16.7. The minimum atomic E-state index is -1.30. The van der Waals surface area contributed by atoms with Gasteiger partial charge in [0.25, 0.3) is 0 Å². The highest BCUT2D eigenvalue weighted by Crippen LogP contribution is 2.22. The van der Waals surface area contributed by atoms with Crippen molar-refractivity contribution in [3.8, 4) is 0 Å². The van der Waals surface area contributed by atoms with Crippen LogP contribution in [0.5, 0.6) is 0 Å². The summed E-state index contributed by atoms with van der Waals surface area (Å²) in [6.07, 6.45) is 1.43. The van der Waals surface area contributed by atoms with Crippen molar-refractivity contribution in [2.45, 2.75) is 71.2 Å². The molecule has 25 heavy (non-hydrogen) atoms. The van der Waals surface area contributed by atoms with Crippen molar-refractivity contribution in [3.63, 3.8) is 0 Å². The van der Waals surface area contributed by atoms with Crippen LogP contribution < -0.4 is 5.32 Å². The Balaban J connectivity index is 2.65. The number of aliphatic hydroxyl groups excluding tert-OH is 3. The summed E-state index contributed by atoms with van der Waals surface area (Å²) in [5.74, 6) is -0.371. The first kappa shape index (κ1) is 21.8. The molecule has 0 aromatic rings. The lowest BCUT2D eigenvalue weighted by molar-refractivity contribution is -0.267. The minimum Gasteiger partial charge on any atom is -0.394 e. The SMILES string of the molecule is CC(=O)N[C@H]1[C@H](OC/C=C(\C)CCC=C(C)C)O[C@H](CO)[C@@H](O)[C@@H]1O. The summed E-state index contributed by atoms with van der Waals surface area (Å²) in [6.45, 7) is 7.21. The predicted octanol–water partition coefficient (Wildman–Crippen LogP) is 0.639. The van der Waals surface area contributed by atoms with Gasteiger partial charge in [-0.1, -0.05) is 23.3 Å². The third-order valence-corrected chi connectivity index (χ3v) is 4.03. The Morgan fingerprint density at radius 2 is 1.84 bits per heavy atom. The largest absolute Gasteiger partial charge is 0.394 e. The smallest absolute Gasteiger partial charge is 0.217 e. The molecule has 0 aromatic carbocycles. The van der Waals surface area contributed by atoms with Crippen molar-refractivity contribution in [1.29, 1.82) is 0 Å². The summed E-state index contributed by atoms with van der Waals surface area (Å²) in [5.41, 5.74) is 2.43. The van der Waals surface area contributed by atoms with Crippen LogP contribution in [0.15, 0.2) is 23.3 Å². The molecule has 7 nitrogen and oxygen atoms in total. The average Bonchev–Trinajstić information content (AvgIpc) is 2.53. The molecule has 5 atom stereocenters. The quantitative estimate of drug-likeness (QED) is 0.475. The average molecular weight is 357 g/mol. The molecule has 1 rings (SSSR count). The molecule has 1 heterocycles. The molecule has 0 aromatic heterocycles. The van der Waals surface area contributed by atoms with Gasteiger partial charge in [0, 0.05) is 6.92 Å². The van der Waals surface area contributed by atoms with Gasteiger partial charge in [-0.15, -0.1) is 0 Å². The molecule has 7 heteroatoms. The van der Waals surface area contributed by atoms with E-state index in [0.717, 1.165) is 18.4 Å². The molecule has 0 aliphatic carbocycles. The molecular formula is C18H31NO6. The first-order valence-corrected chi connectivity index (χ1v) is 8.56. The van der Waals surface area contributed by atoms with Gasteiger partial charge in [0.2, 0.25) is 5.91 Å². The molecule has 4 N–H and O–H groups in total. The standard InChI is InChI=1S/C18H31NO6/c1-11(2)6-5-7-12(3)8-9-24-18-15(19-13(4)21)17(23)16(22)14(10-20)25-18/h6,8,14-18,20,22-23H,5,7,9-10H2,1-4H3,(H,19,21)/b12-8+/t14-,15-,16-,17-,18-/m1/s1. The highest BCUT2D eigenvalue weighted by molar-refractivity contribution is 5.73. The molecule has 1 amide bonds. The fraction of sp³-hybridized carbons (Fsp3) is 0.722. The van der Waals surface area contributed by atoms with Gasteiger partial charge in [0.05, 0.1) is 13.2 Å². The molecule has 0 saturated carbocycles. The molecule has 0 radical (unpaired) electrons. The Morgan fingerprint density at radius 1 is 1.16 bits per heavy atom. The second-order valence-electron chi connectivity index (χ2n) is 6.64. The van der Waals surface area contributed by atoms with Crippen LogP contribution in [0.25, 0.3) is 0 Å². The monoisotopic (exact) mass is 357 g/mol. The molecule has 1 saturated heterocycles. The Hall–Kier alpha value is -1.25. The van der Waals surface area contributed by atoms with Gasteiger partial charge in [-0.3, -0.25) is 4.79 Å². The van der Waals surface area contributed by atoms with Crippen LogP contribution in [0, 0.1) is 0 Å². The van der Waals surface area contributed by atoms with E-state index in [1.807, 2.05) is 13.0 Å². The number of amides is 1. The lowest BCUT2D eigenvalue weighted by Crippen LogP contribution is -2.64. The van der Waals surface area contributed by atoms with Gasteiger partial charge in [0.15, 0.2) is 6.29 Å². The summed E-state index contributed by atoms with van der Waals surface area (Å²) in [7, 11) is 0. The molecule has 0 spiro atoms. The molecule has 1 aliphatic heterocycles. The van der Waals surface area contributed by atoms with E-state index in [4.69, 9.17) is 9.47 Å². The maximum absolute atomic E-state index is 11.3. The maximum atomic E-state index is 11.3. The second kappa shape index (κ2) is 10.7. The molecule has 0 bridgehead atoms. The van der Waals surface area contributed by atoms with E-state index < -0.39 is 37.3 Å². The molecular weight excluding hydrogens is 326 g/mol. The number of hydrogen-bond donors (Lipinski definition) is 4. The number of rotatable bonds is 8. The van der Waals surface area contributed by atoms with E-state index in [1.165, 1.54) is 12.5 Å². The van der Waals surface area contributed by atoms with Crippen LogP contribution in [0.2, 0.25) is 0 Å². The van der Waals surface area contributed by atoms with Gasteiger partial charge < -0.3 is 30.1 Å². The van der Waals surface area contributed by atoms with Crippen molar-refractivity contribution in [1.82, 2.24) is 5.32 Å². The molecule has 0 unspecified atom stereocenters. The third kappa shape index (κ3) is 7.25. The topological polar surface area (TPSA) is 108 Å². The van der Waals surface area contributed by atoms with E-state index in [0.29, 0.717) is 0 Å². The maximum Gasteiger partial charge on any atom is 0.217 e. The number of ether oxygens (including phenoxy) is 2. The normalized spacial score (nSPS) is 30.0. The zero-order chi connectivity index (χ0) is 19.0. The van der Waals surface area contributed by atoms with E-state index in [2.05, 4.69) is 25.2 Å². The number of carbonyl (C=O) groups excluding carboxylic acids is 1. The van der Waals surface area contributed by atoms with Gasteiger partial charge in [-0.25, -0.2) is 0 Å².